The summed E-state index contributed by atoms with van der Waals surface area (Å²) in [6.07, 6.45) is 0.0205. The van der Waals surface area contributed by atoms with Crippen molar-refractivity contribution in [3.8, 4) is 0 Å². The Morgan fingerprint density at radius 1 is 1.35 bits per heavy atom. The largest absolute Gasteiger partial charge is 0.394 e. The molecule has 94 valence electrons. The summed E-state index contributed by atoms with van der Waals surface area (Å²) in [7, 11) is 0. The predicted octanol–water partition coefficient (Wildman–Crippen LogP) is 0.493. The summed E-state index contributed by atoms with van der Waals surface area (Å²) in [5, 5.41) is 11.1. The number of ether oxygens (including phenoxy) is 1. The van der Waals surface area contributed by atoms with E-state index in [1.165, 1.54) is 6.07 Å². The SMILES string of the molecule is O=C(Cc1ccccc1F)NCCOCCO. The molecule has 1 aromatic carbocycles. The third-order valence-corrected chi connectivity index (χ3v) is 2.11. The van der Waals surface area contributed by atoms with Gasteiger partial charge in [-0.2, -0.15) is 0 Å². The Morgan fingerprint density at radius 2 is 2.12 bits per heavy atom. The molecule has 0 fully saturated rings. The number of aliphatic hydroxyl groups is 1. The minimum absolute atomic E-state index is 0.0205. The van der Waals surface area contributed by atoms with Crippen molar-refractivity contribution in [1.82, 2.24) is 5.32 Å². The zero-order valence-electron chi connectivity index (χ0n) is 9.49. The number of hydrogen-bond donors (Lipinski definition) is 2. The van der Waals surface area contributed by atoms with Gasteiger partial charge >= 0.3 is 0 Å². The number of amides is 1. The minimum atomic E-state index is -0.376. The Bertz CT molecular complexity index is 357. The number of aliphatic hydroxyl groups excluding tert-OH is 1. The molecule has 1 rings (SSSR count). The number of carbonyl (C=O) groups excluding carboxylic acids is 1. The molecule has 0 spiro atoms. The van der Waals surface area contributed by atoms with Crippen LogP contribution in [0.5, 0.6) is 0 Å². The van der Waals surface area contributed by atoms with Crippen LogP contribution in [0.15, 0.2) is 24.3 Å². The van der Waals surface area contributed by atoms with Crippen LogP contribution in [0.3, 0.4) is 0 Å². The molecule has 17 heavy (non-hydrogen) atoms. The smallest absolute Gasteiger partial charge is 0.224 e. The van der Waals surface area contributed by atoms with Crippen LogP contribution in [0.1, 0.15) is 5.56 Å². The standard InChI is InChI=1S/C12H16FNO3/c13-11-4-2-1-3-10(11)9-12(16)14-5-7-17-8-6-15/h1-4,15H,5-9H2,(H,14,16). The first-order valence-electron chi connectivity index (χ1n) is 5.42. The molecule has 0 aromatic heterocycles. The summed E-state index contributed by atoms with van der Waals surface area (Å²) in [5.41, 5.74) is 0.376. The van der Waals surface area contributed by atoms with Crippen LogP contribution in [0.25, 0.3) is 0 Å². The van der Waals surface area contributed by atoms with Gasteiger partial charge in [0.25, 0.3) is 0 Å². The minimum Gasteiger partial charge on any atom is -0.394 e. The zero-order valence-corrected chi connectivity index (χ0v) is 9.49. The van der Waals surface area contributed by atoms with E-state index in [1.54, 1.807) is 18.2 Å². The van der Waals surface area contributed by atoms with Crippen LogP contribution >= 0.6 is 0 Å². The van der Waals surface area contributed by atoms with Crippen molar-refractivity contribution in [2.24, 2.45) is 0 Å². The molecule has 1 aromatic rings. The van der Waals surface area contributed by atoms with Gasteiger partial charge in [0.1, 0.15) is 5.82 Å². The monoisotopic (exact) mass is 241 g/mol. The van der Waals surface area contributed by atoms with Gasteiger partial charge in [-0.05, 0) is 11.6 Å². The fraction of sp³-hybridized carbons (Fsp3) is 0.417. The molecule has 2 N–H and O–H groups in total. The number of benzene rings is 1. The van der Waals surface area contributed by atoms with Gasteiger partial charge < -0.3 is 15.2 Å². The first-order valence-corrected chi connectivity index (χ1v) is 5.42. The van der Waals surface area contributed by atoms with Crippen molar-refractivity contribution in [2.75, 3.05) is 26.4 Å². The highest BCUT2D eigenvalue weighted by atomic mass is 19.1. The van der Waals surface area contributed by atoms with Gasteiger partial charge in [0.05, 0.1) is 26.2 Å². The van der Waals surface area contributed by atoms with E-state index in [2.05, 4.69) is 5.32 Å². The molecule has 0 bridgehead atoms. The lowest BCUT2D eigenvalue weighted by atomic mass is 10.1. The van der Waals surface area contributed by atoms with Crippen LogP contribution in [-0.2, 0) is 16.0 Å². The lowest BCUT2D eigenvalue weighted by Crippen LogP contribution is -2.29. The van der Waals surface area contributed by atoms with Gasteiger partial charge in [-0.15, -0.1) is 0 Å². The van der Waals surface area contributed by atoms with Gasteiger partial charge in [-0.3, -0.25) is 4.79 Å². The normalized spacial score (nSPS) is 10.2. The van der Waals surface area contributed by atoms with Gasteiger partial charge in [-0.1, -0.05) is 18.2 Å². The summed E-state index contributed by atoms with van der Waals surface area (Å²) in [5.74, 6) is -0.623. The van der Waals surface area contributed by atoms with E-state index in [9.17, 15) is 9.18 Å². The molecule has 0 aliphatic rings. The number of nitrogens with one attached hydrogen (secondary N) is 1. The van der Waals surface area contributed by atoms with E-state index >= 15 is 0 Å². The number of halogens is 1. The first kappa shape index (κ1) is 13.6. The Balaban J connectivity index is 2.23. The highest BCUT2D eigenvalue weighted by molar-refractivity contribution is 5.78. The maximum atomic E-state index is 13.2. The molecule has 0 heterocycles. The Labute approximate surface area is 99.4 Å². The zero-order chi connectivity index (χ0) is 12.5. The fourth-order valence-corrected chi connectivity index (χ4v) is 1.31. The second kappa shape index (κ2) is 7.76. The van der Waals surface area contributed by atoms with E-state index in [4.69, 9.17) is 9.84 Å². The first-order chi connectivity index (χ1) is 8.24. The molecular formula is C12H16FNO3. The maximum absolute atomic E-state index is 13.2. The van der Waals surface area contributed by atoms with E-state index < -0.39 is 0 Å². The van der Waals surface area contributed by atoms with E-state index in [-0.39, 0.29) is 31.4 Å². The summed E-state index contributed by atoms with van der Waals surface area (Å²) < 4.78 is 18.2. The van der Waals surface area contributed by atoms with Gasteiger partial charge in [0.15, 0.2) is 0 Å². The molecular weight excluding hydrogens is 225 g/mol. The molecule has 0 atom stereocenters. The van der Waals surface area contributed by atoms with Gasteiger partial charge in [0.2, 0.25) is 5.91 Å². The van der Waals surface area contributed by atoms with Crippen molar-refractivity contribution in [2.45, 2.75) is 6.42 Å². The quantitative estimate of drug-likeness (QED) is 0.683. The lowest BCUT2D eigenvalue weighted by Gasteiger charge is -2.06. The molecule has 0 saturated heterocycles. The van der Waals surface area contributed by atoms with Crippen molar-refractivity contribution in [1.29, 1.82) is 0 Å². The molecule has 0 aliphatic carbocycles. The lowest BCUT2D eigenvalue weighted by molar-refractivity contribution is -0.120. The van der Waals surface area contributed by atoms with Crippen LogP contribution in [-0.4, -0.2) is 37.4 Å². The van der Waals surface area contributed by atoms with Crippen LogP contribution in [0.4, 0.5) is 4.39 Å². The van der Waals surface area contributed by atoms with Crippen LogP contribution < -0.4 is 5.32 Å². The molecule has 1 amide bonds. The topological polar surface area (TPSA) is 58.6 Å². The Hall–Kier alpha value is -1.46. The highest BCUT2D eigenvalue weighted by Crippen LogP contribution is 2.06. The summed E-state index contributed by atoms with van der Waals surface area (Å²) in [6, 6.07) is 6.18. The Morgan fingerprint density at radius 3 is 2.82 bits per heavy atom. The maximum Gasteiger partial charge on any atom is 0.224 e. The van der Waals surface area contributed by atoms with Crippen LogP contribution in [0, 0.1) is 5.82 Å². The Kier molecular flexibility index (Phi) is 6.21. The predicted molar refractivity (Wildman–Crippen MR) is 61.0 cm³/mol. The average Bonchev–Trinajstić information content (AvgIpc) is 2.32. The van der Waals surface area contributed by atoms with Crippen molar-refractivity contribution < 1.29 is 19.0 Å². The number of hydrogen-bond acceptors (Lipinski definition) is 3. The van der Waals surface area contributed by atoms with Crippen LogP contribution in [0.2, 0.25) is 0 Å². The van der Waals surface area contributed by atoms with E-state index in [0.717, 1.165) is 0 Å². The number of rotatable bonds is 7. The summed E-state index contributed by atoms with van der Waals surface area (Å²) in [6.45, 7) is 0.906. The highest BCUT2D eigenvalue weighted by Gasteiger charge is 2.06. The third kappa shape index (κ3) is 5.42. The third-order valence-electron chi connectivity index (χ3n) is 2.11. The second-order valence-corrected chi connectivity index (χ2v) is 3.45. The molecule has 4 nitrogen and oxygen atoms in total. The average molecular weight is 241 g/mol. The summed E-state index contributed by atoms with van der Waals surface area (Å²) in [4.78, 5) is 11.4. The van der Waals surface area contributed by atoms with E-state index in [0.29, 0.717) is 18.7 Å². The van der Waals surface area contributed by atoms with Crippen molar-refractivity contribution in [3.05, 3.63) is 35.6 Å². The molecule has 5 heteroatoms. The molecule has 0 saturated carbocycles. The molecule has 0 aliphatic heterocycles. The summed E-state index contributed by atoms with van der Waals surface area (Å²) >= 11 is 0. The van der Waals surface area contributed by atoms with Gasteiger partial charge in [0, 0.05) is 6.54 Å². The van der Waals surface area contributed by atoms with Crippen molar-refractivity contribution in [3.63, 3.8) is 0 Å². The van der Waals surface area contributed by atoms with E-state index in [1.807, 2.05) is 0 Å². The fourth-order valence-electron chi connectivity index (χ4n) is 1.31. The van der Waals surface area contributed by atoms with Gasteiger partial charge in [-0.25, -0.2) is 4.39 Å². The second-order valence-electron chi connectivity index (χ2n) is 3.45. The molecule has 0 radical (unpaired) electrons. The number of carbonyl (C=O) groups is 1. The van der Waals surface area contributed by atoms with Crippen molar-refractivity contribution >= 4 is 5.91 Å². The molecule has 0 unspecified atom stereocenters.